The molecule has 0 radical (unpaired) electrons. The van der Waals surface area contributed by atoms with Gasteiger partial charge in [0.05, 0.1) is 28.4 Å². The van der Waals surface area contributed by atoms with Gasteiger partial charge < -0.3 is 23.8 Å². The Balaban J connectivity index is 0.00000867. The van der Waals surface area contributed by atoms with Crippen LogP contribution >= 0.6 is 0 Å². The van der Waals surface area contributed by atoms with E-state index in [1.54, 1.807) is 34.5 Å². The molecule has 3 aromatic rings. The van der Waals surface area contributed by atoms with Crippen molar-refractivity contribution in [2.24, 2.45) is 0 Å². The number of hydrogen-bond acceptors (Lipinski definition) is 5. The molecule has 0 unspecified atom stereocenters. The molecule has 0 bridgehead atoms. The summed E-state index contributed by atoms with van der Waals surface area (Å²) in [5, 5.41) is 0. The Morgan fingerprint density at radius 3 is 1.42 bits per heavy atom. The minimum Gasteiger partial charge on any atom is -0.496 e. The molecule has 3 rings (SSSR count). The standard InChI is InChI=1S/C44H62NO4.Ti/c1-9-13-15-17-19-21-27-45(28-22-20-18-16-14-10-2)38-25-23-35(24-26-38)37-31-43(48-7)40(44(32-37)49-8)33-39-41(46-5)29-36(30-42(39)47-6)34(11-3)12-4;/h3,11-12,23-26,29-32H,9-10,13-22,27-28,33H2,1-2,4-8H3;/q-1;/b34-12+;. The summed E-state index contributed by atoms with van der Waals surface area (Å²) in [6.45, 7) is 14.6. The summed E-state index contributed by atoms with van der Waals surface area (Å²) in [7, 11) is 6.77. The maximum Gasteiger partial charge on any atom is 0.126 e. The molecule has 0 saturated heterocycles. The van der Waals surface area contributed by atoms with Crippen LogP contribution in [0.5, 0.6) is 23.0 Å². The molecular weight excluding hydrogens is 654 g/mol. The fourth-order valence-electron chi connectivity index (χ4n) is 6.59. The molecule has 272 valence electrons. The van der Waals surface area contributed by atoms with Crippen molar-refractivity contribution in [2.75, 3.05) is 46.4 Å². The number of hydrogen-bond donors (Lipinski definition) is 0. The Morgan fingerprint density at radius 2 is 1.02 bits per heavy atom. The van der Waals surface area contributed by atoms with Crippen molar-refractivity contribution in [1.29, 1.82) is 0 Å². The fraction of sp³-hybridized carbons (Fsp3) is 0.500. The normalized spacial score (nSPS) is 11.1. The number of nitrogens with zero attached hydrogens (tertiary/aromatic N) is 1. The topological polar surface area (TPSA) is 40.2 Å². The van der Waals surface area contributed by atoms with Gasteiger partial charge in [0.2, 0.25) is 0 Å². The molecule has 0 amide bonds. The van der Waals surface area contributed by atoms with E-state index in [-0.39, 0.29) is 21.7 Å². The predicted molar refractivity (Wildman–Crippen MR) is 209 cm³/mol. The number of benzene rings is 3. The molecule has 0 aliphatic carbocycles. The van der Waals surface area contributed by atoms with Crippen LogP contribution in [-0.4, -0.2) is 41.5 Å². The number of anilines is 1. The minimum absolute atomic E-state index is 0. The van der Waals surface area contributed by atoms with Crippen molar-refractivity contribution in [3.05, 3.63) is 84.0 Å². The van der Waals surface area contributed by atoms with E-state index in [1.807, 2.05) is 25.1 Å². The predicted octanol–water partition coefficient (Wildman–Crippen LogP) is 11.9. The second kappa shape index (κ2) is 24.1. The SMILES string of the molecule is [CH-]=C/C(=C\C)c1cc(OC)c(Cc2c(OC)cc(-c3ccc(N(CCCCCCCC)CCCCCCCC)cc3)cc2OC)c(OC)c1.[Ti]. The van der Waals surface area contributed by atoms with Crippen LogP contribution in [0.2, 0.25) is 0 Å². The van der Waals surface area contributed by atoms with Gasteiger partial charge in [0.1, 0.15) is 23.0 Å². The summed E-state index contributed by atoms with van der Waals surface area (Å²) in [6, 6.07) is 17.2. The zero-order chi connectivity index (χ0) is 35.4. The Morgan fingerprint density at radius 1 is 0.600 bits per heavy atom. The van der Waals surface area contributed by atoms with Crippen molar-refractivity contribution in [1.82, 2.24) is 0 Å². The van der Waals surface area contributed by atoms with E-state index in [0.29, 0.717) is 17.9 Å². The molecule has 0 aliphatic rings. The summed E-state index contributed by atoms with van der Waals surface area (Å²) in [6.07, 6.45) is 19.8. The largest absolute Gasteiger partial charge is 0.496 e. The fourth-order valence-corrected chi connectivity index (χ4v) is 6.59. The van der Waals surface area contributed by atoms with E-state index in [0.717, 1.165) is 58.0 Å². The zero-order valence-electron chi connectivity index (χ0n) is 32.0. The van der Waals surface area contributed by atoms with E-state index < -0.39 is 0 Å². The van der Waals surface area contributed by atoms with Gasteiger partial charge in [0, 0.05) is 58.0 Å². The third-order valence-corrected chi connectivity index (χ3v) is 9.52. The minimum atomic E-state index is 0. The molecule has 0 fully saturated rings. The van der Waals surface area contributed by atoms with E-state index in [4.69, 9.17) is 25.5 Å². The van der Waals surface area contributed by atoms with E-state index in [2.05, 4.69) is 55.1 Å². The Labute approximate surface area is 319 Å². The van der Waals surface area contributed by atoms with Gasteiger partial charge >= 0.3 is 0 Å². The van der Waals surface area contributed by atoms with Crippen LogP contribution in [0.4, 0.5) is 5.69 Å². The molecule has 0 heterocycles. The summed E-state index contributed by atoms with van der Waals surface area (Å²) >= 11 is 0. The first-order chi connectivity index (χ1) is 24.0. The van der Waals surface area contributed by atoms with Gasteiger partial charge in [-0.3, -0.25) is 6.58 Å². The molecule has 5 nitrogen and oxygen atoms in total. The van der Waals surface area contributed by atoms with Gasteiger partial charge in [0.15, 0.2) is 0 Å². The monoisotopic (exact) mass is 716 g/mol. The second-order valence-electron chi connectivity index (χ2n) is 12.9. The summed E-state index contributed by atoms with van der Waals surface area (Å²) in [5.41, 5.74) is 7.15. The quantitative estimate of drug-likeness (QED) is 0.0399. The van der Waals surface area contributed by atoms with Crippen LogP contribution in [0.1, 0.15) is 115 Å². The van der Waals surface area contributed by atoms with Gasteiger partial charge in [-0.1, -0.05) is 103 Å². The van der Waals surface area contributed by atoms with Gasteiger partial charge in [-0.2, -0.15) is 11.6 Å². The zero-order valence-corrected chi connectivity index (χ0v) is 33.6. The number of methoxy groups -OCH3 is 4. The third-order valence-electron chi connectivity index (χ3n) is 9.52. The van der Waals surface area contributed by atoms with Crippen LogP contribution in [0.15, 0.2) is 60.7 Å². The Hall–Kier alpha value is -3.15. The van der Waals surface area contributed by atoms with Crippen molar-refractivity contribution < 1.29 is 40.7 Å². The van der Waals surface area contributed by atoms with Crippen molar-refractivity contribution >= 4 is 11.3 Å². The van der Waals surface area contributed by atoms with Crippen LogP contribution in [0.25, 0.3) is 16.7 Å². The first kappa shape index (κ1) is 43.0. The maximum absolute atomic E-state index is 5.99. The van der Waals surface area contributed by atoms with Gasteiger partial charge in [-0.25, -0.2) is 6.08 Å². The van der Waals surface area contributed by atoms with Crippen molar-refractivity contribution in [2.45, 2.75) is 104 Å². The first-order valence-electron chi connectivity index (χ1n) is 18.5. The molecule has 0 N–H and O–H groups in total. The van der Waals surface area contributed by atoms with Gasteiger partial charge in [-0.15, -0.1) is 0 Å². The van der Waals surface area contributed by atoms with Gasteiger partial charge in [-0.05, 0) is 60.4 Å². The Kier molecular flexibility index (Phi) is 20.7. The number of ether oxygens (including phenoxy) is 4. The molecular formula is C44H62NO4Ti-. The summed E-state index contributed by atoms with van der Waals surface area (Å²) < 4.78 is 23.7. The first-order valence-corrected chi connectivity index (χ1v) is 18.5. The van der Waals surface area contributed by atoms with E-state index in [9.17, 15) is 0 Å². The van der Waals surface area contributed by atoms with Crippen LogP contribution in [0.3, 0.4) is 0 Å². The number of unbranched alkanes of at least 4 members (excludes halogenated alkanes) is 10. The van der Waals surface area contributed by atoms with Crippen molar-refractivity contribution in [3.63, 3.8) is 0 Å². The molecule has 0 spiro atoms. The molecule has 0 saturated carbocycles. The van der Waals surface area contributed by atoms with Crippen LogP contribution in [0, 0.1) is 6.58 Å². The van der Waals surface area contributed by atoms with Crippen molar-refractivity contribution in [3.8, 4) is 34.1 Å². The smallest absolute Gasteiger partial charge is 0.126 e. The summed E-state index contributed by atoms with van der Waals surface area (Å²) in [5.74, 6) is 2.93. The maximum atomic E-state index is 5.99. The van der Waals surface area contributed by atoms with E-state index >= 15 is 0 Å². The number of allylic oxidation sites excluding steroid dienone is 3. The average Bonchev–Trinajstić information content (AvgIpc) is 3.14. The molecule has 0 aromatic heterocycles. The third kappa shape index (κ3) is 12.6. The molecule has 0 aliphatic heterocycles. The van der Waals surface area contributed by atoms with E-state index in [1.165, 1.54) is 82.7 Å². The molecule has 50 heavy (non-hydrogen) atoms. The average molecular weight is 717 g/mol. The Bertz CT molecular complexity index is 1380. The van der Waals surface area contributed by atoms with Crippen LogP contribution in [-0.2, 0) is 28.1 Å². The van der Waals surface area contributed by atoms with Crippen LogP contribution < -0.4 is 23.8 Å². The molecule has 6 heteroatoms. The molecule has 0 atom stereocenters. The van der Waals surface area contributed by atoms with Gasteiger partial charge in [0.25, 0.3) is 0 Å². The molecule has 3 aromatic carbocycles. The number of rotatable bonds is 24. The summed E-state index contributed by atoms with van der Waals surface area (Å²) in [4.78, 5) is 2.60. The second-order valence-corrected chi connectivity index (χ2v) is 12.9.